The summed E-state index contributed by atoms with van der Waals surface area (Å²) < 4.78 is 5.36. The zero-order valence-electron chi connectivity index (χ0n) is 9.64. The second-order valence-electron chi connectivity index (χ2n) is 3.80. The van der Waals surface area contributed by atoms with Crippen LogP contribution in [0.1, 0.15) is 15.9 Å². The van der Waals surface area contributed by atoms with Gasteiger partial charge < -0.3 is 4.74 Å². The van der Waals surface area contributed by atoms with Gasteiger partial charge in [0.2, 0.25) is 5.88 Å². The number of aldehydes is 1. The van der Waals surface area contributed by atoms with Crippen molar-refractivity contribution in [3.05, 3.63) is 48.0 Å². The van der Waals surface area contributed by atoms with E-state index < -0.39 is 0 Å². The standard InChI is InChI=1S/C14H13NO2/c1-3-6-17-14-12(9-16)8-11-5-4-10(2)7-13(11)15-14/h3-5,7-9H,1,6H2,2H3. The maximum Gasteiger partial charge on any atom is 0.225 e. The third-order valence-corrected chi connectivity index (χ3v) is 2.43. The minimum absolute atomic E-state index is 0.338. The monoisotopic (exact) mass is 227 g/mol. The molecule has 0 N–H and O–H groups in total. The predicted octanol–water partition coefficient (Wildman–Crippen LogP) is 2.92. The van der Waals surface area contributed by atoms with Crippen molar-refractivity contribution >= 4 is 17.2 Å². The van der Waals surface area contributed by atoms with Crippen LogP contribution in [0.3, 0.4) is 0 Å². The van der Waals surface area contributed by atoms with Crippen molar-refractivity contribution in [3.8, 4) is 5.88 Å². The second-order valence-corrected chi connectivity index (χ2v) is 3.80. The number of aromatic nitrogens is 1. The normalized spacial score (nSPS) is 10.2. The van der Waals surface area contributed by atoms with Crippen LogP contribution in [0.4, 0.5) is 0 Å². The van der Waals surface area contributed by atoms with Gasteiger partial charge in [-0.25, -0.2) is 4.98 Å². The van der Waals surface area contributed by atoms with E-state index in [0.717, 1.165) is 22.8 Å². The number of hydrogen-bond donors (Lipinski definition) is 0. The molecule has 0 aliphatic rings. The lowest BCUT2D eigenvalue weighted by Gasteiger charge is -2.07. The zero-order chi connectivity index (χ0) is 12.3. The Hall–Kier alpha value is -2.16. The molecule has 2 rings (SSSR count). The molecule has 0 saturated heterocycles. The molecule has 3 heteroatoms. The molecule has 0 bridgehead atoms. The number of hydrogen-bond acceptors (Lipinski definition) is 3. The van der Waals surface area contributed by atoms with Crippen LogP contribution < -0.4 is 4.74 Å². The Kier molecular flexibility index (Phi) is 3.19. The summed E-state index contributed by atoms with van der Waals surface area (Å²) >= 11 is 0. The van der Waals surface area contributed by atoms with Gasteiger partial charge in [0, 0.05) is 5.39 Å². The topological polar surface area (TPSA) is 39.2 Å². The number of ether oxygens (including phenoxy) is 1. The molecule has 0 radical (unpaired) electrons. The van der Waals surface area contributed by atoms with Gasteiger partial charge in [0.25, 0.3) is 0 Å². The van der Waals surface area contributed by atoms with Crippen LogP contribution in [-0.2, 0) is 0 Å². The fourth-order valence-electron chi connectivity index (χ4n) is 1.61. The highest BCUT2D eigenvalue weighted by atomic mass is 16.5. The lowest BCUT2D eigenvalue weighted by Crippen LogP contribution is -2.00. The maximum absolute atomic E-state index is 11.0. The molecule has 0 spiro atoms. The number of carbonyl (C=O) groups excluding carboxylic acids is 1. The highest BCUT2D eigenvalue weighted by molar-refractivity contribution is 5.88. The summed E-state index contributed by atoms with van der Waals surface area (Å²) in [6.45, 7) is 5.90. The van der Waals surface area contributed by atoms with Gasteiger partial charge in [0.05, 0.1) is 11.1 Å². The van der Waals surface area contributed by atoms with E-state index in [2.05, 4.69) is 11.6 Å². The van der Waals surface area contributed by atoms with E-state index in [1.54, 1.807) is 12.1 Å². The molecular weight excluding hydrogens is 214 g/mol. The quantitative estimate of drug-likeness (QED) is 0.595. The Bertz CT molecular complexity index is 576. The van der Waals surface area contributed by atoms with Gasteiger partial charge in [0.1, 0.15) is 6.61 Å². The molecule has 0 aliphatic heterocycles. The van der Waals surface area contributed by atoms with Gasteiger partial charge in [0.15, 0.2) is 6.29 Å². The van der Waals surface area contributed by atoms with Crippen LogP contribution in [0.5, 0.6) is 5.88 Å². The number of benzene rings is 1. The summed E-state index contributed by atoms with van der Waals surface area (Å²) in [5.74, 6) is 0.359. The first kappa shape index (κ1) is 11.3. The summed E-state index contributed by atoms with van der Waals surface area (Å²) in [7, 11) is 0. The molecule has 0 fully saturated rings. The van der Waals surface area contributed by atoms with Gasteiger partial charge in [-0.1, -0.05) is 24.8 Å². The molecule has 0 aliphatic carbocycles. The van der Waals surface area contributed by atoms with Gasteiger partial charge >= 0.3 is 0 Å². The van der Waals surface area contributed by atoms with Gasteiger partial charge in [-0.05, 0) is 24.6 Å². The third kappa shape index (κ3) is 2.33. The van der Waals surface area contributed by atoms with Crippen molar-refractivity contribution in [3.63, 3.8) is 0 Å². The Balaban J connectivity index is 2.56. The first-order valence-electron chi connectivity index (χ1n) is 5.35. The fraction of sp³-hybridized carbons (Fsp3) is 0.143. The number of pyridine rings is 1. The van der Waals surface area contributed by atoms with E-state index in [1.807, 2.05) is 25.1 Å². The van der Waals surface area contributed by atoms with Crippen molar-refractivity contribution < 1.29 is 9.53 Å². The van der Waals surface area contributed by atoms with E-state index in [1.165, 1.54) is 0 Å². The van der Waals surface area contributed by atoms with Crippen LogP contribution in [0, 0.1) is 6.92 Å². The molecule has 1 aromatic carbocycles. The Morgan fingerprint density at radius 1 is 1.41 bits per heavy atom. The molecule has 0 saturated carbocycles. The average molecular weight is 227 g/mol. The van der Waals surface area contributed by atoms with Gasteiger partial charge in [-0.2, -0.15) is 0 Å². The zero-order valence-corrected chi connectivity index (χ0v) is 9.64. The van der Waals surface area contributed by atoms with E-state index >= 15 is 0 Å². The summed E-state index contributed by atoms with van der Waals surface area (Å²) in [4.78, 5) is 15.3. The highest BCUT2D eigenvalue weighted by Crippen LogP contribution is 2.21. The Morgan fingerprint density at radius 3 is 2.94 bits per heavy atom. The summed E-state index contributed by atoms with van der Waals surface area (Å²) in [5, 5.41) is 0.934. The number of carbonyl (C=O) groups is 1. The molecule has 0 amide bonds. The lowest BCUT2D eigenvalue weighted by atomic mass is 10.1. The van der Waals surface area contributed by atoms with Crippen molar-refractivity contribution in [1.82, 2.24) is 4.98 Å². The van der Waals surface area contributed by atoms with E-state index in [4.69, 9.17) is 4.74 Å². The molecule has 2 aromatic rings. The van der Waals surface area contributed by atoms with E-state index in [9.17, 15) is 4.79 Å². The van der Waals surface area contributed by atoms with Crippen LogP contribution in [0.25, 0.3) is 10.9 Å². The van der Waals surface area contributed by atoms with Crippen LogP contribution >= 0.6 is 0 Å². The summed E-state index contributed by atoms with van der Waals surface area (Å²) in [6, 6.07) is 7.68. The smallest absolute Gasteiger partial charge is 0.225 e. The molecule has 17 heavy (non-hydrogen) atoms. The minimum atomic E-state index is 0.338. The van der Waals surface area contributed by atoms with Crippen LogP contribution in [0.2, 0.25) is 0 Å². The number of rotatable bonds is 4. The first-order chi connectivity index (χ1) is 8.24. The molecule has 3 nitrogen and oxygen atoms in total. The Labute approximate surface area is 99.7 Å². The predicted molar refractivity (Wildman–Crippen MR) is 67.6 cm³/mol. The summed E-state index contributed by atoms with van der Waals surface area (Å²) in [5.41, 5.74) is 2.41. The fourth-order valence-corrected chi connectivity index (χ4v) is 1.61. The van der Waals surface area contributed by atoms with E-state index in [-0.39, 0.29) is 0 Å². The highest BCUT2D eigenvalue weighted by Gasteiger charge is 2.07. The van der Waals surface area contributed by atoms with Crippen molar-refractivity contribution in [2.75, 3.05) is 6.61 Å². The summed E-state index contributed by atoms with van der Waals surface area (Å²) in [6.07, 6.45) is 2.38. The number of aryl methyl sites for hydroxylation is 1. The van der Waals surface area contributed by atoms with Crippen LogP contribution in [-0.4, -0.2) is 17.9 Å². The van der Waals surface area contributed by atoms with E-state index in [0.29, 0.717) is 18.1 Å². The first-order valence-corrected chi connectivity index (χ1v) is 5.35. The Morgan fingerprint density at radius 2 is 2.24 bits per heavy atom. The van der Waals surface area contributed by atoms with Gasteiger partial charge in [-0.15, -0.1) is 0 Å². The van der Waals surface area contributed by atoms with Crippen molar-refractivity contribution in [2.24, 2.45) is 0 Å². The minimum Gasteiger partial charge on any atom is -0.473 e. The molecule has 86 valence electrons. The van der Waals surface area contributed by atoms with Crippen molar-refractivity contribution in [1.29, 1.82) is 0 Å². The molecular formula is C14H13NO2. The van der Waals surface area contributed by atoms with Crippen molar-refractivity contribution in [2.45, 2.75) is 6.92 Å². The lowest BCUT2D eigenvalue weighted by molar-refractivity contribution is 0.111. The second kappa shape index (κ2) is 4.78. The SMILES string of the molecule is C=CCOc1nc2cc(C)ccc2cc1C=O. The number of nitrogens with zero attached hydrogens (tertiary/aromatic N) is 1. The molecule has 0 unspecified atom stereocenters. The molecule has 0 atom stereocenters. The van der Waals surface area contributed by atoms with Crippen LogP contribution in [0.15, 0.2) is 36.9 Å². The number of fused-ring (bicyclic) bond motifs is 1. The molecule has 1 heterocycles. The van der Waals surface area contributed by atoms with Gasteiger partial charge in [-0.3, -0.25) is 4.79 Å². The third-order valence-electron chi connectivity index (χ3n) is 2.43. The largest absolute Gasteiger partial charge is 0.473 e. The maximum atomic E-state index is 11.0. The molecule has 1 aromatic heterocycles. The average Bonchev–Trinajstić information content (AvgIpc) is 2.35.